The Labute approximate surface area is 159 Å². The molecule has 0 aliphatic rings. The number of rotatable bonds is 7. The topological polar surface area (TPSA) is 93.8 Å². The molecule has 1 N–H and O–H groups in total. The lowest BCUT2D eigenvalue weighted by atomic mass is 10.0. The highest BCUT2D eigenvalue weighted by molar-refractivity contribution is 9.10. The van der Waals surface area contributed by atoms with E-state index in [2.05, 4.69) is 40.3 Å². The standard InChI is InChI=1S/C18H18BrN3O4/c1-12(2)14-5-3-13(4-6-14)10-20-21-18(23)11-26-17-8-7-15(22(24)25)9-16(17)19/h3-10,12H,11H2,1-2H3,(H,21,23). The average Bonchev–Trinajstić information content (AvgIpc) is 2.61. The van der Waals surface area contributed by atoms with Crippen LogP contribution in [-0.4, -0.2) is 23.7 Å². The van der Waals surface area contributed by atoms with Gasteiger partial charge < -0.3 is 4.74 Å². The maximum absolute atomic E-state index is 11.8. The molecule has 0 unspecified atom stereocenters. The number of carbonyl (C=O) groups excluding carboxylic acids is 1. The van der Waals surface area contributed by atoms with Crippen molar-refractivity contribution in [2.75, 3.05) is 6.61 Å². The first kappa shape index (κ1) is 19.6. The fourth-order valence-electron chi connectivity index (χ4n) is 2.04. The maximum Gasteiger partial charge on any atom is 0.277 e. The van der Waals surface area contributed by atoms with Crippen molar-refractivity contribution in [3.05, 3.63) is 68.2 Å². The molecule has 0 bridgehead atoms. The van der Waals surface area contributed by atoms with Gasteiger partial charge in [0.1, 0.15) is 5.75 Å². The molecule has 1 amide bonds. The monoisotopic (exact) mass is 419 g/mol. The van der Waals surface area contributed by atoms with Crippen LogP contribution in [0, 0.1) is 10.1 Å². The molecular formula is C18H18BrN3O4. The van der Waals surface area contributed by atoms with Crippen LogP contribution in [0.3, 0.4) is 0 Å². The van der Waals surface area contributed by atoms with Gasteiger partial charge in [-0.25, -0.2) is 5.43 Å². The molecule has 2 aromatic rings. The quantitative estimate of drug-likeness (QED) is 0.416. The summed E-state index contributed by atoms with van der Waals surface area (Å²) in [7, 11) is 0. The number of nitrogens with one attached hydrogen (secondary N) is 1. The largest absolute Gasteiger partial charge is 0.483 e. The van der Waals surface area contributed by atoms with Gasteiger partial charge in [0.15, 0.2) is 6.61 Å². The summed E-state index contributed by atoms with van der Waals surface area (Å²) in [5, 5.41) is 14.6. The first-order valence-electron chi connectivity index (χ1n) is 7.85. The van der Waals surface area contributed by atoms with Crippen molar-refractivity contribution in [1.29, 1.82) is 0 Å². The van der Waals surface area contributed by atoms with Gasteiger partial charge in [-0.1, -0.05) is 38.1 Å². The van der Waals surface area contributed by atoms with Crippen molar-refractivity contribution in [1.82, 2.24) is 5.43 Å². The van der Waals surface area contributed by atoms with E-state index in [1.807, 2.05) is 24.3 Å². The van der Waals surface area contributed by atoms with E-state index >= 15 is 0 Å². The minimum Gasteiger partial charge on any atom is -0.483 e. The van der Waals surface area contributed by atoms with Crippen molar-refractivity contribution in [3.8, 4) is 5.75 Å². The summed E-state index contributed by atoms with van der Waals surface area (Å²) < 4.78 is 5.72. The summed E-state index contributed by atoms with van der Waals surface area (Å²) in [4.78, 5) is 21.9. The average molecular weight is 420 g/mol. The van der Waals surface area contributed by atoms with Crippen LogP contribution in [0.2, 0.25) is 0 Å². The first-order valence-corrected chi connectivity index (χ1v) is 8.64. The first-order chi connectivity index (χ1) is 12.4. The van der Waals surface area contributed by atoms with Gasteiger partial charge in [-0.05, 0) is 39.0 Å². The number of benzene rings is 2. The van der Waals surface area contributed by atoms with Crippen molar-refractivity contribution in [2.24, 2.45) is 5.10 Å². The molecule has 8 heteroatoms. The van der Waals surface area contributed by atoms with Crippen LogP contribution in [0.5, 0.6) is 5.75 Å². The van der Waals surface area contributed by atoms with Gasteiger partial charge in [-0.2, -0.15) is 5.10 Å². The predicted molar refractivity (Wildman–Crippen MR) is 103 cm³/mol. The van der Waals surface area contributed by atoms with Gasteiger partial charge in [0.05, 0.1) is 15.6 Å². The molecule has 0 spiro atoms. The molecule has 0 aromatic heterocycles. The predicted octanol–water partition coefficient (Wildman–Crippen LogP) is 4.01. The molecule has 0 atom stereocenters. The van der Waals surface area contributed by atoms with Crippen LogP contribution in [0.1, 0.15) is 30.9 Å². The Morgan fingerprint density at radius 1 is 1.31 bits per heavy atom. The van der Waals surface area contributed by atoms with E-state index in [1.165, 1.54) is 23.8 Å². The van der Waals surface area contributed by atoms with Gasteiger partial charge >= 0.3 is 0 Å². The number of amides is 1. The Morgan fingerprint density at radius 2 is 2.00 bits per heavy atom. The maximum atomic E-state index is 11.8. The Morgan fingerprint density at radius 3 is 2.58 bits per heavy atom. The van der Waals surface area contributed by atoms with Crippen LogP contribution >= 0.6 is 15.9 Å². The molecule has 0 aliphatic heterocycles. The van der Waals surface area contributed by atoms with E-state index in [0.29, 0.717) is 16.1 Å². The van der Waals surface area contributed by atoms with E-state index in [1.54, 1.807) is 6.21 Å². The van der Waals surface area contributed by atoms with Crippen molar-refractivity contribution >= 4 is 33.7 Å². The third kappa shape index (κ3) is 5.66. The number of halogens is 1. The SMILES string of the molecule is CC(C)c1ccc(C=NNC(=O)COc2ccc([N+](=O)[O-])cc2Br)cc1. The molecule has 2 rings (SSSR count). The highest BCUT2D eigenvalue weighted by Gasteiger charge is 2.11. The van der Waals surface area contributed by atoms with E-state index in [9.17, 15) is 14.9 Å². The molecule has 2 aromatic carbocycles. The van der Waals surface area contributed by atoms with E-state index in [0.717, 1.165) is 5.56 Å². The number of carbonyl (C=O) groups is 1. The zero-order valence-electron chi connectivity index (χ0n) is 14.3. The molecule has 0 fully saturated rings. The van der Waals surface area contributed by atoms with E-state index < -0.39 is 10.8 Å². The van der Waals surface area contributed by atoms with Gasteiger partial charge in [0, 0.05) is 12.1 Å². The van der Waals surface area contributed by atoms with Crippen LogP contribution < -0.4 is 10.2 Å². The van der Waals surface area contributed by atoms with Crippen LogP contribution in [0.25, 0.3) is 0 Å². The number of hydrazone groups is 1. The summed E-state index contributed by atoms with van der Waals surface area (Å²) in [6, 6.07) is 11.9. The number of ether oxygens (including phenoxy) is 1. The van der Waals surface area contributed by atoms with E-state index in [4.69, 9.17) is 4.74 Å². The minimum atomic E-state index is -0.510. The Kier molecular flexibility index (Phi) is 6.85. The summed E-state index contributed by atoms with van der Waals surface area (Å²) in [5.74, 6) is 0.348. The van der Waals surface area contributed by atoms with E-state index in [-0.39, 0.29) is 12.3 Å². The summed E-state index contributed by atoms with van der Waals surface area (Å²) in [6.45, 7) is 3.97. The summed E-state index contributed by atoms with van der Waals surface area (Å²) in [5.41, 5.74) is 4.40. The third-order valence-electron chi connectivity index (χ3n) is 3.49. The second-order valence-electron chi connectivity index (χ2n) is 5.78. The second kappa shape index (κ2) is 9.10. The number of non-ortho nitro benzene ring substituents is 1. The molecule has 0 aliphatic carbocycles. The zero-order valence-corrected chi connectivity index (χ0v) is 15.9. The van der Waals surface area contributed by atoms with Gasteiger partial charge in [-0.15, -0.1) is 0 Å². The molecular weight excluding hydrogens is 402 g/mol. The number of nitrogens with zero attached hydrogens (tertiary/aromatic N) is 2. The fourth-order valence-corrected chi connectivity index (χ4v) is 2.52. The lowest BCUT2D eigenvalue weighted by Gasteiger charge is -2.07. The molecule has 0 saturated heterocycles. The molecule has 0 radical (unpaired) electrons. The van der Waals surface area contributed by atoms with Crippen LogP contribution in [0.15, 0.2) is 52.0 Å². The van der Waals surface area contributed by atoms with Gasteiger partial charge in [-0.3, -0.25) is 14.9 Å². The smallest absolute Gasteiger partial charge is 0.277 e. The van der Waals surface area contributed by atoms with Crippen LogP contribution in [-0.2, 0) is 4.79 Å². The molecule has 26 heavy (non-hydrogen) atoms. The van der Waals surface area contributed by atoms with Crippen molar-refractivity contribution < 1.29 is 14.5 Å². The number of nitro benzene ring substituents is 1. The third-order valence-corrected chi connectivity index (χ3v) is 4.11. The lowest BCUT2D eigenvalue weighted by Crippen LogP contribution is -2.24. The highest BCUT2D eigenvalue weighted by Crippen LogP contribution is 2.28. The Hall–Kier alpha value is -2.74. The Balaban J connectivity index is 1.84. The fraction of sp³-hybridized carbons (Fsp3) is 0.222. The normalized spacial score (nSPS) is 10.9. The zero-order chi connectivity index (χ0) is 19.1. The highest BCUT2D eigenvalue weighted by atomic mass is 79.9. The number of nitro groups is 1. The summed E-state index contributed by atoms with van der Waals surface area (Å²) >= 11 is 3.17. The van der Waals surface area contributed by atoms with Crippen LogP contribution in [0.4, 0.5) is 5.69 Å². The molecule has 136 valence electrons. The lowest BCUT2D eigenvalue weighted by molar-refractivity contribution is -0.384. The van der Waals surface area contributed by atoms with Crippen molar-refractivity contribution in [3.63, 3.8) is 0 Å². The summed E-state index contributed by atoms with van der Waals surface area (Å²) in [6.07, 6.45) is 1.55. The molecule has 7 nitrogen and oxygen atoms in total. The molecule has 0 heterocycles. The van der Waals surface area contributed by atoms with Crippen molar-refractivity contribution in [2.45, 2.75) is 19.8 Å². The van der Waals surface area contributed by atoms with Gasteiger partial charge in [0.2, 0.25) is 0 Å². The number of hydrogen-bond acceptors (Lipinski definition) is 5. The minimum absolute atomic E-state index is 0.0678. The number of hydrogen-bond donors (Lipinski definition) is 1. The second-order valence-corrected chi connectivity index (χ2v) is 6.63. The van der Waals surface area contributed by atoms with Gasteiger partial charge in [0.25, 0.3) is 11.6 Å². The molecule has 0 saturated carbocycles. The Bertz CT molecular complexity index is 820.